The third kappa shape index (κ3) is 2.74. The minimum absolute atomic E-state index is 0.443. The predicted octanol–water partition coefficient (Wildman–Crippen LogP) is 4.02. The highest BCUT2D eigenvalue weighted by molar-refractivity contribution is 6.17. The van der Waals surface area contributed by atoms with E-state index < -0.39 is 0 Å². The van der Waals surface area contributed by atoms with Crippen molar-refractivity contribution in [3.05, 3.63) is 65.5 Å². The van der Waals surface area contributed by atoms with Crippen molar-refractivity contribution in [1.82, 2.24) is 9.38 Å². The van der Waals surface area contributed by atoms with Gasteiger partial charge >= 0.3 is 0 Å². The van der Waals surface area contributed by atoms with E-state index in [1.54, 1.807) is 0 Å². The number of hydrogen-bond donors (Lipinski definition) is 0. The molecule has 2 heterocycles. The van der Waals surface area contributed by atoms with Gasteiger partial charge in [-0.25, -0.2) is 4.98 Å². The first-order valence-electron chi connectivity index (χ1n) is 6.97. The average Bonchev–Trinajstić information content (AvgIpc) is 2.86. The summed E-state index contributed by atoms with van der Waals surface area (Å²) >= 11 is 6.14. The van der Waals surface area contributed by atoms with Gasteiger partial charge in [-0.3, -0.25) is 0 Å². The van der Waals surface area contributed by atoms with Gasteiger partial charge in [-0.15, -0.1) is 11.6 Å². The minimum atomic E-state index is 0.443. The van der Waals surface area contributed by atoms with E-state index in [2.05, 4.69) is 47.5 Å². The first-order valence-corrected chi connectivity index (χ1v) is 7.51. The van der Waals surface area contributed by atoms with Crippen LogP contribution < -0.4 is 4.90 Å². The first kappa shape index (κ1) is 14.0. The number of aryl methyl sites for hydroxylation is 1. The summed E-state index contributed by atoms with van der Waals surface area (Å²) in [6.45, 7) is 2.92. The van der Waals surface area contributed by atoms with Gasteiger partial charge in [-0.2, -0.15) is 0 Å². The second-order valence-electron chi connectivity index (χ2n) is 5.29. The molecule has 0 aliphatic carbocycles. The molecule has 0 spiro atoms. The zero-order valence-electron chi connectivity index (χ0n) is 12.3. The van der Waals surface area contributed by atoms with Crippen LogP contribution >= 0.6 is 11.6 Å². The fourth-order valence-electron chi connectivity index (χ4n) is 2.62. The molecule has 0 saturated heterocycles. The molecule has 0 aliphatic rings. The number of anilines is 1. The monoisotopic (exact) mass is 299 g/mol. The predicted molar refractivity (Wildman–Crippen MR) is 88.0 cm³/mol. The molecule has 0 amide bonds. The zero-order valence-corrected chi connectivity index (χ0v) is 13.0. The second-order valence-corrected chi connectivity index (χ2v) is 5.56. The molecule has 0 aliphatic heterocycles. The Morgan fingerprint density at radius 3 is 2.81 bits per heavy atom. The van der Waals surface area contributed by atoms with Crippen molar-refractivity contribution in [3.63, 3.8) is 0 Å². The van der Waals surface area contributed by atoms with Crippen LogP contribution in [0.1, 0.15) is 16.8 Å². The van der Waals surface area contributed by atoms with E-state index in [9.17, 15) is 0 Å². The zero-order chi connectivity index (χ0) is 14.8. The minimum Gasteiger partial charge on any atom is -0.354 e. The van der Waals surface area contributed by atoms with Gasteiger partial charge < -0.3 is 9.30 Å². The van der Waals surface area contributed by atoms with Gasteiger partial charge in [-0.1, -0.05) is 35.9 Å². The SMILES string of the molecule is Cc1cccc(CN(C)c2nc3ccccn3c2CCl)c1. The standard InChI is InChI=1S/C17H18ClN3/c1-13-6-5-7-14(10-13)12-20(2)17-15(11-18)21-9-4-3-8-16(21)19-17/h3-10H,11-12H2,1-2H3. The van der Waals surface area contributed by atoms with Gasteiger partial charge in [0, 0.05) is 19.8 Å². The van der Waals surface area contributed by atoms with Crippen LogP contribution in [0.4, 0.5) is 5.82 Å². The van der Waals surface area contributed by atoms with Crippen molar-refractivity contribution in [2.24, 2.45) is 0 Å². The smallest absolute Gasteiger partial charge is 0.152 e. The van der Waals surface area contributed by atoms with Crippen LogP contribution in [-0.4, -0.2) is 16.4 Å². The Labute approximate surface area is 129 Å². The summed E-state index contributed by atoms with van der Waals surface area (Å²) in [6, 6.07) is 14.5. The number of benzene rings is 1. The summed E-state index contributed by atoms with van der Waals surface area (Å²) < 4.78 is 2.05. The van der Waals surface area contributed by atoms with Crippen molar-refractivity contribution in [3.8, 4) is 0 Å². The Kier molecular flexibility index (Phi) is 3.84. The fraction of sp³-hybridized carbons (Fsp3) is 0.235. The number of nitrogens with zero attached hydrogens (tertiary/aromatic N) is 3. The molecular weight excluding hydrogens is 282 g/mol. The third-order valence-electron chi connectivity index (χ3n) is 3.60. The van der Waals surface area contributed by atoms with E-state index in [4.69, 9.17) is 16.6 Å². The van der Waals surface area contributed by atoms with E-state index in [0.717, 1.165) is 23.7 Å². The highest BCUT2D eigenvalue weighted by Crippen LogP contribution is 2.24. The first-order chi connectivity index (χ1) is 10.2. The molecule has 108 valence electrons. The van der Waals surface area contributed by atoms with E-state index in [0.29, 0.717) is 5.88 Å². The average molecular weight is 300 g/mol. The summed E-state index contributed by atoms with van der Waals surface area (Å²) in [5.41, 5.74) is 4.50. The maximum Gasteiger partial charge on any atom is 0.152 e. The number of pyridine rings is 1. The van der Waals surface area contributed by atoms with Gasteiger partial charge in [0.2, 0.25) is 0 Å². The molecule has 0 atom stereocenters. The van der Waals surface area contributed by atoms with Crippen LogP contribution in [0, 0.1) is 6.92 Å². The van der Waals surface area contributed by atoms with Gasteiger partial charge in [0.1, 0.15) is 5.65 Å². The lowest BCUT2D eigenvalue weighted by Crippen LogP contribution is -2.18. The number of aromatic nitrogens is 2. The number of rotatable bonds is 4. The molecular formula is C17H18ClN3. The van der Waals surface area contributed by atoms with Crippen molar-refractivity contribution in [2.75, 3.05) is 11.9 Å². The van der Waals surface area contributed by atoms with Crippen LogP contribution in [0.5, 0.6) is 0 Å². The van der Waals surface area contributed by atoms with Gasteiger partial charge in [-0.05, 0) is 24.6 Å². The summed E-state index contributed by atoms with van der Waals surface area (Å²) in [5.74, 6) is 1.39. The Balaban J connectivity index is 1.95. The molecule has 1 aromatic carbocycles. The van der Waals surface area contributed by atoms with Gasteiger partial charge in [0.25, 0.3) is 0 Å². The maximum absolute atomic E-state index is 6.14. The summed E-state index contributed by atoms with van der Waals surface area (Å²) in [7, 11) is 2.06. The van der Waals surface area contributed by atoms with E-state index in [1.165, 1.54) is 11.1 Å². The highest BCUT2D eigenvalue weighted by Gasteiger charge is 2.14. The number of hydrogen-bond acceptors (Lipinski definition) is 2. The number of imidazole rings is 1. The van der Waals surface area contributed by atoms with Crippen LogP contribution in [0.2, 0.25) is 0 Å². The Bertz CT molecular complexity index is 764. The number of halogens is 1. The molecule has 0 radical (unpaired) electrons. The molecule has 0 fully saturated rings. The maximum atomic E-state index is 6.14. The molecule has 0 bridgehead atoms. The molecule has 21 heavy (non-hydrogen) atoms. The lowest BCUT2D eigenvalue weighted by Gasteiger charge is -2.18. The summed E-state index contributed by atoms with van der Waals surface area (Å²) in [5, 5.41) is 0. The highest BCUT2D eigenvalue weighted by atomic mass is 35.5. The topological polar surface area (TPSA) is 20.5 Å². The van der Waals surface area contributed by atoms with E-state index in [1.807, 2.05) is 24.4 Å². The summed E-state index contributed by atoms with van der Waals surface area (Å²) in [4.78, 5) is 6.86. The fourth-order valence-corrected chi connectivity index (χ4v) is 2.87. The van der Waals surface area contributed by atoms with Crippen LogP contribution in [-0.2, 0) is 12.4 Å². The lowest BCUT2D eigenvalue weighted by atomic mass is 10.1. The van der Waals surface area contributed by atoms with Gasteiger partial charge in [0.05, 0.1) is 11.6 Å². The molecule has 3 rings (SSSR count). The van der Waals surface area contributed by atoms with Crippen molar-refractivity contribution in [2.45, 2.75) is 19.3 Å². The van der Waals surface area contributed by atoms with Gasteiger partial charge in [0.15, 0.2) is 5.82 Å². The van der Waals surface area contributed by atoms with Crippen LogP contribution in [0.25, 0.3) is 5.65 Å². The van der Waals surface area contributed by atoms with Crippen molar-refractivity contribution >= 4 is 23.1 Å². The largest absolute Gasteiger partial charge is 0.354 e. The lowest BCUT2D eigenvalue weighted by molar-refractivity contribution is 0.893. The summed E-state index contributed by atoms with van der Waals surface area (Å²) in [6.07, 6.45) is 2.00. The molecule has 4 heteroatoms. The Morgan fingerprint density at radius 1 is 1.19 bits per heavy atom. The Hall–Kier alpha value is -2.00. The molecule has 0 N–H and O–H groups in total. The Morgan fingerprint density at radius 2 is 2.05 bits per heavy atom. The molecule has 0 unspecified atom stereocenters. The normalized spacial score (nSPS) is 11.0. The van der Waals surface area contributed by atoms with Crippen molar-refractivity contribution < 1.29 is 0 Å². The van der Waals surface area contributed by atoms with E-state index >= 15 is 0 Å². The molecule has 0 saturated carbocycles. The second kappa shape index (κ2) is 5.78. The van der Waals surface area contributed by atoms with Crippen LogP contribution in [0.15, 0.2) is 48.7 Å². The number of fused-ring (bicyclic) bond motifs is 1. The quantitative estimate of drug-likeness (QED) is 0.678. The number of alkyl halides is 1. The van der Waals surface area contributed by atoms with E-state index in [-0.39, 0.29) is 0 Å². The molecule has 2 aromatic heterocycles. The molecule has 3 nitrogen and oxygen atoms in total. The third-order valence-corrected chi connectivity index (χ3v) is 3.85. The molecule has 3 aromatic rings. The van der Waals surface area contributed by atoms with Crippen LogP contribution in [0.3, 0.4) is 0 Å². The van der Waals surface area contributed by atoms with Crippen molar-refractivity contribution in [1.29, 1.82) is 0 Å².